The minimum atomic E-state index is -0.313. The number of fused-ring (bicyclic) bond motifs is 1. The molecule has 0 spiro atoms. The fourth-order valence-corrected chi connectivity index (χ4v) is 4.44. The molecule has 4 aromatic rings. The van der Waals surface area contributed by atoms with E-state index < -0.39 is 0 Å². The van der Waals surface area contributed by atoms with Crippen LogP contribution < -0.4 is 4.90 Å². The smallest absolute Gasteiger partial charge is 0.233 e. The van der Waals surface area contributed by atoms with Crippen LogP contribution in [0.5, 0.6) is 0 Å². The van der Waals surface area contributed by atoms with Crippen molar-refractivity contribution >= 4 is 32.6 Å². The number of aromatic nitrogens is 2. The first-order valence-electron chi connectivity index (χ1n) is 9.31. The van der Waals surface area contributed by atoms with Crippen LogP contribution in [0.1, 0.15) is 22.3 Å². The minimum absolute atomic E-state index is 0.0816. The third-order valence-electron chi connectivity index (χ3n) is 4.71. The number of nitrogens with zero attached hydrogens (tertiary/aromatic N) is 3. The molecule has 0 bridgehead atoms. The number of hydrogen-bond acceptors (Lipinski definition) is 4. The SMILES string of the molecule is Cc1cc(C)c2nc(N(Cc3ccncc3)C(=O)Cc3ccc(F)cc3)sc2c1. The third-order valence-corrected chi connectivity index (χ3v) is 5.73. The van der Waals surface area contributed by atoms with Gasteiger partial charge in [0, 0.05) is 12.4 Å². The molecule has 0 aliphatic carbocycles. The summed E-state index contributed by atoms with van der Waals surface area (Å²) in [6.45, 7) is 4.49. The summed E-state index contributed by atoms with van der Waals surface area (Å²) < 4.78 is 14.3. The van der Waals surface area contributed by atoms with Crippen molar-refractivity contribution < 1.29 is 9.18 Å². The zero-order valence-corrected chi connectivity index (χ0v) is 17.0. The van der Waals surface area contributed by atoms with E-state index in [2.05, 4.69) is 24.0 Å². The van der Waals surface area contributed by atoms with Crippen molar-refractivity contribution in [3.63, 3.8) is 0 Å². The second kappa shape index (κ2) is 8.09. The van der Waals surface area contributed by atoms with Crippen LogP contribution in [0, 0.1) is 19.7 Å². The van der Waals surface area contributed by atoms with Gasteiger partial charge in [0.2, 0.25) is 5.91 Å². The number of carbonyl (C=O) groups is 1. The van der Waals surface area contributed by atoms with E-state index in [1.54, 1.807) is 29.4 Å². The largest absolute Gasteiger partial charge is 0.283 e. The molecular formula is C23H20FN3OS. The van der Waals surface area contributed by atoms with E-state index >= 15 is 0 Å². The van der Waals surface area contributed by atoms with Crippen molar-refractivity contribution in [1.29, 1.82) is 0 Å². The highest BCUT2D eigenvalue weighted by atomic mass is 32.1. The molecule has 2 aromatic carbocycles. The van der Waals surface area contributed by atoms with Gasteiger partial charge in [0.05, 0.1) is 23.2 Å². The number of pyridine rings is 1. The average Bonchev–Trinajstić information content (AvgIpc) is 3.12. The van der Waals surface area contributed by atoms with E-state index in [0.29, 0.717) is 11.7 Å². The maximum Gasteiger partial charge on any atom is 0.233 e. The molecule has 2 heterocycles. The predicted molar refractivity (Wildman–Crippen MR) is 115 cm³/mol. The molecule has 146 valence electrons. The van der Waals surface area contributed by atoms with Crippen molar-refractivity contribution in [2.24, 2.45) is 0 Å². The van der Waals surface area contributed by atoms with Gasteiger partial charge in [0.1, 0.15) is 5.82 Å². The monoisotopic (exact) mass is 405 g/mol. The number of carbonyl (C=O) groups excluding carboxylic acids is 1. The van der Waals surface area contributed by atoms with Gasteiger partial charge in [0.15, 0.2) is 5.13 Å². The summed E-state index contributed by atoms with van der Waals surface area (Å²) in [6, 6.07) is 14.0. The fourth-order valence-electron chi connectivity index (χ4n) is 3.28. The normalized spacial score (nSPS) is 11.0. The Bertz CT molecular complexity index is 1160. The molecule has 0 aliphatic rings. The molecule has 4 nitrogen and oxygen atoms in total. The zero-order chi connectivity index (χ0) is 20.4. The Kier molecular flexibility index (Phi) is 5.36. The van der Waals surface area contributed by atoms with Crippen LogP contribution in [0.2, 0.25) is 0 Å². The molecule has 1 amide bonds. The zero-order valence-electron chi connectivity index (χ0n) is 16.2. The second-order valence-electron chi connectivity index (χ2n) is 7.06. The Balaban J connectivity index is 1.70. The van der Waals surface area contributed by atoms with E-state index in [0.717, 1.165) is 26.9 Å². The molecular weight excluding hydrogens is 385 g/mol. The molecule has 0 fully saturated rings. The van der Waals surface area contributed by atoms with Crippen molar-refractivity contribution in [2.75, 3.05) is 4.90 Å². The fraction of sp³-hybridized carbons (Fsp3) is 0.174. The molecule has 0 saturated heterocycles. The lowest BCUT2D eigenvalue weighted by molar-refractivity contribution is -0.118. The lowest BCUT2D eigenvalue weighted by Gasteiger charge is -2.20. The molecule has 0 radical (unpaired) electrons. The Morgan fingerprint density at radius 3 is 2.48 bits per heavy atom. The highest BCUT2D eigenvalue weighted by Gasteiger charge is 2.21. The first-order chi connectivity index (χ1) is 14.0. The second-order valence-corrected chi connectivity index (χ2v) is 8.07. The molecule has 2 aromatic heterocycles. The van der Waals surface area contributed by atoms with E-state index in [1.807, 2.05) is 19.1 Å². The highest BCUT2D eigenvalue weighted by molar-refractivity contribution is 7.22. The Morgan fingerprint density at radius 1 is 1.03 bits per heavy atom. The topological polar surface area (TPSA) is 46.1 Å². The molecule has 0 saturated carbocycles. The number of aryl methyl sites for hydroxylation is 2. The lowest BCUT2D eigenvalue weighted by atomic mass is 10.1. The summed E-state index contributed by atoms with van der Waals surface area (Å²) in [6.07, 6.45) is 3.60. The molecule has 0 N–H and O–H groups in total. The Morgan fingerprint density at radius 2 is 1.76 bits per heavy atom. The van der Waals surface area contributed by atoms with Gasteiger partial charge in [-0.25, -0.2) is 9.37 Å². The third kappa shape index (κ3) is 4.32. The Labute approximate surface area is 172 Å². The van der Waals surface area contributed by atoms with Gasteiger partial charge in [-0.1, -0.05) is 29.5 Å². The predicted octanol–water partition coefficient (Wildman–Crippen LogP) is 5.22. The van der Waals surface area contributed by atoms with E-state index in [-0.39, 0.29) is 18.1 Å². The number of rotatable bonds is 5. The van der Waals surface area contributed by atoms with Gasteiger partial charge in [-0.2, -0.15) is 0 Å². The van der Waals surface area contributed by atoms with Crippen LogP contribution in [-0.4, -0.2) is 15.9 Å². The van der Waals surface area contributed by atoms with E-state index in [1.165, 1.54) is 29.0 Å². The number of amides is 1. The standard InChI is InChI=1S/C23H20FN3OS/c1-15-11-16(2)22-20(12-15)29-23(26-22)27(14-18-7-9-25-10-8-18)21(28)13-17-3-5-19(24)6-4-17/h3-12H,13-14H2,1-2H3. The molecule has 0 unspecified atom stereocenters. The van der Waals surface area contributed by atoms with Gasteiger partial charge >= 0.3 is 0 Å². The van der Waals surface area contributed by atoms with Gasteiger partial charge in [-0.3, -0.25) is 14.7 Å². The van der Waals surface area contributed by atoms with Gasteiger partial charge in [-0.15, -0.1) is 0 Å². The number of hydrogen-bond donors (Lipinski definition) is 0. The van der Waals surface area contributed by atoms with Crippen LogP contribution in [-0.2, 0) is 17.8 Å². The van der Waals surface area contributed by atoms with Crippen molar-refractivity contribution in [2.45, 2.75) is 26.8 Å². The van der Waals surface area contributed by atoms with E-state index in [9.17, 15) is 9.18 Å². The van der Waals surface area contributed by atoms with E-state index in [4.69, 9.17) is 4.98 Å². The quantitative estimate of drug-likeness (QED) is 0.457. The summed E-state index contributed by atoms with van der Waals surface area (Å²) in [7, 11) is 0. The summed E-state index contributed by atoms with van der Waals surface area (Å²) >= 11 is 1.51. The Hall–Kier alpha value is -3.12. The van der Waals surface area contributed by atoms with Crippen LogP contribution >= 0.6 is 11.3 Å². The van der Waals surface area contributed by atoms with Crippen molar-refractivity contribution in [1.82, 2.24) is 9.97 Å². The van der Waals surface area contributed by atoms with Crippen molar-refractivity contribution in [3.8, 4) is 0 Å². The van der Waals surface area contributed by atoms with Crippen LogP contribution in [0.4, 0.5) is 9.52 Å². The highest BCUT2D eigenvalue weighted by Crippen LogP contribution is 2.32. The number of halogens is 1. The molecule has 29 heavy (non-hydrogen) atoms. The maximum atomic E-state index is 13.2. The van der Waals surface area contributed by atoms with Gasteiger partial charge < -0.3 is 0 Å². The van der Waals surface area contributed by atoms with Crippen molar-refractivity contribution in [3.05, 3.63) is 89.0 Å². The molecule has 0 atom stereocenters. The molecule has 6 heteroatoms. The number of anilines is 1. The minimum Gasteiger partial charge on any atom is -0.283 e. The van der Waals surface area contributed by atoms with Crippen LogP contribution in [0.3, 0.4) is 0 Å². The maximum absolute atomic E-state index is 13.2. The first-order valence-corrected chi connectivity index (χ1v) is 10.1. The number of thiazole rings is 1. The molecule has 4 rings (SSSR count). The van der Waals surface area contributed by atoms with Crippen LogP contribution in [0.15, 0.2) is 60.9 Å². The van der Waals surface area contributed by atoms with Gasteiger partial charge in [-0.05, 0) is 66.4 Å². The molecule has 0 aliphatic heterocycles. The summed E-state index contributed by atoms with van der Waals surface area (Å²) in [5.74, 6) is -0.395. The first kappa shape index (κ1) is 19.2. The summed E-state index contributed by atoms with van der Waals surface area (Å²) in [5.41, 5.74) is 4.93. The average molecular weight is 405 g/mol. The number of benzene rings is 2. The van der Waals surface area contributed by atoms with Crippen LogP contribution in [0.25, 0.3) is 10.2 Å². The summed E-state index contributed by atoms with van der Waals surface area (Å²) in [4.78, 5) is 23.7. The lowest BCUT2D eigenvalue weighted by Crippen LogP contribution is -2.31. The summed E-state index contributed by atoms with van der Waals surface area (Å²) in [5, 5.41) is 0.664. The van der Waals surface area contributed by atoms with Gasteiger partial charge in [0.25, 0.3) is 0 Å².